The van der Waals surface area contributed by atoms with Gasteiger partial charge in [-0.2, -0.15) is 0 Å². The van der Waals surface area contributed by atoms with Crippen LogP contribution >= 0.6 is 11.3 Å². The summed E-state index contributed by atoms with van der Waals surface area (Å²) in [5.74, 6) is 0.643. The summed E-state index contributed by atoms with van der Waals surface area (Å²) in [6.45, 7) is 4.48. The van der Waals surface area contributed by atoms with Crippen LogP contribution in [0.1, 0.15) is 58.3 Å². The van der Waals surface area contributed by atoms with Gasteiger partial charge in [0.2, 0.25) is 11.8 Å². The molecule has 2 atom stereocenters. The van der Waals surface area contributed by atoms with E-state index in [2.05, 4.69) is 20.2 Å². The van der Waals surface area contributed by atoms with Gasteiger partial charge < -0.3 is 19.8 Å². The number of aromatic nitrogens is 4. The second-order valence-electron chi connectivity index (χ2n) is 9.26. The van der Waals surface area contributed by atoms with E-state index in [0.717, 1.165) is 29.1 Å². The van der Waals surface area contributed by atoms with E-state index in [0.29, 0.717) is 24.2 Å². The lowest BCUT2D eigenvalue weighted by atomic mass is 9.94. The van der Waals surface area contributed by atoms with Gasteiger partial charge in [0.25, 0.3) is 11.8 Å². The Balaban J connectivity index is 1.42. The largest absolute Gasteiger partial charge is 0.481 e. The number of hydrogen-bond donors (Lipinski definition) is 1. The molecule has 4 heterocycles. The summed E-state index contributed by atoms with van der Waals surface area (Å²) < 4.78 is 11.4. The average Bonchev–Trinajstić information content (AvgIpc) is 3.64. The molecular weight excluding hydrogens is 476 g/mol. The van der Waals surface area contributed by atoms with Gasteiger partial charge in [-0.1, -0.05) is 30.3 Å². The summed E-state index contributed by atoms with van der Waals surface area (Å²) >= 11 is 1.59. The normalized spacial score (nSPS) is 17.2. The molecule has 0 saturated carbocycles. The molecule has 1 fully saturated rings. The van der Waals surface area contributed by atoms with Gasteiger partial charge in [0, 0.05) is 29.2 Å². The Kier molecular flexibility index (Phi) is 6.55. The van der Waals surface area contributed by atoms with Crippen molar-refractivity contribution in [2.75, 3.05) is 13.7 Å². The standard InChI is InChI=1S/C26H28N6O3S/c1-16-15-36-23(28-16)20-10-7-11-32(20)24(33)18-12-19(29-21(13-18)34-3)22-30-31-25(35-22)26(2,27)14-17-8-5-4-6-9-17/h4-6,8-9,12-13,15,20H,7,10-11,14,27H2,1-3H3/t20?,26-/m1/s1. The third-order valence-electron chi connectivity index (χ3n) is 6.24. The summed E-state index contributed by atoms with van der Waals surface area (Å²) in [6, 6.07) is 13.1. The van der Waals surface area contributed by atoms with Crippen LogP contribution < -0.4 is 10.5 Å². The van der Waals surface area contributed by atoms with Crippen molar-refractivity contribution in [1.82, 2.24) is 25.1 Å². The molecule has 0 radical (unpaired) electrons. The molecule has 0 bridgehead atoms. The number of carbonyl (C=O) groups excluding carboxylic acids is 1. The predicted molar refractivity (Wildman–Crippen MR) is 136 cm³/mol. The average molecular weight is 505 g/mol. The number of rotatable bonds is 7. The Morgan fingerprint density at radius 2 is 2.06 bits per heavy atom. The zero-order valence-corrected chi connectivity index (χ0v) is 21.3. The van der Waals surface area contributed by atoms with E-state index in [9.17, 15) is 4.79 Å². The van der Waals surface area contributed by atoms with E-state index >= 15 is 0 Å². The first-order valence-corrected chi connectivity index (χ1v) is 12.7. The van der Waals surface area contributed by atoms with Crippen molar-refractivity contribution < 1.29 is 13.9 Å². The lowest BCUT2D eigenvalue weighted by Gasteiger charge is -2.23. The van der Waals surface area contributed by atoms with Crippen LogP contribution in [0.3, 0.4) is 0 Å². The molecule has 0 aliphatic carbocycles. The zero-order chi connectivity index (χ0) is 25.3. The summed E-state index contributed by atoms with van der Waals surface area (Å²) in [7, 11) is 1.51. The van der Waals surface area contributed by atoms with Crippen molar-refractivity contribution in [2.24, 2.45) is 5.73 Å². The predicted octanol–water partition coefficient (Wildman–Crippen LogP) is 4.30. The van der Waals surface area contributed by atoms with Gasteiger partial charge in [-0.05, 0) is 44.7 Å². The third-order valence-corrected chi connectivity index (χ3v) is 7.30. The lowest BCUT2D eigenvalue weighted by molar-refractivity contribution is 0.0735. The van der Waals surface area contributed by atoms with Crippen LogP contribution in [-0.2, 0) is 12.0 Å². The van der Waals surface area contributed by atoms with Gasteiger partial charge in [0.15, 0.2) is 0 Å². The highest BCUT2D eigenvalue weighted by Crippen LogP contribution is 2.35. The summed E-state index contributed by atoms with van der Waals surface area (Å²) in [5, 5.41) is 11.4. The Morgan fingerprint density at radius 1 is 1.25 bits per heavy atom. The molecule has 1 aromatic carbocycles. The number of carbonyl (C=O) groups is 1. The number of amides is 1. The number of aryl methyl sites for hydroxylation is 1. The van der Waals surface area contributed by atoms with Gasteiger partial charge in [-0.3, -0.25) is 4.79 Å². The number of nitrogens with two attached hydrogens (primary N) is 1. The number of pyridine rings is 1. The maximum absolute atomic E-state index is 13.6. The fraction of sp³-hybridized carbons (Fsp3) is 0.346. The molecule has 0 spiro atoms. The van der Waals surface area contributed by atoms with E-state index in [4.69, 9.17) is 14.9 Å². The molecule has 10 heteroatoms. The molecule has 1 amide bonds. The zero-order valence-electron chi connectivity index (χ0n) is 20.5. The number of benzene rings is 1. The Hall–Kier alpha value is -3.63. The van der Waals surface area contributed by atoms with E-state index in [1.807, 2.05) is 54.5 Å². The van der Waals surface area contributed by atoms with Crippen molar-refractivity contribution in [3.05, 3.63) is 75.6 Å². The van der Waals surface area contributed by atoms with Gasteiger partial charge in [0.1, 0.15) is 10.7 Å². The second kappa shape index (κ2) is 9.79. The van der Waals surface area contributed by atoms with Crippen LogP contribution in [0.15, 0.2) is 52.3 Å². The maximum atomic E-state index is 13.6. The van der Waals surface area contributed by atoms with Gasteiger partial charge in [0.05, 0.1) is 18.7 Å². The maximum Gasteiger partial charge on any atom is 0.266 e. The van der Waals surface area contributed by atoms with Crippen molar-refractivity contribution in [1.29, 1.82) is 0 Å². The molecule has 5 rings (SSSR count). The number of methoxy groups -OCH3 is 1. The monoisotopic (exact) mass is 504 g/mol. The van der Waals surface area contributed by atoms with Crippen LogP contribution in [0, 0.1) is 6.92 Å². The van der Waals surface area contributed by atoms with Crippen LogP contribution in [0.2, 0.25) is 0 Å². The first-order chi connectivity index (χ1) is 17.3. The topological polar surface area (TPSA) is 120 Å². The molecule has 1 unspecified atom stereocenters. The Morgan fingerprint density at radius 3 is 2.78 bits per heavy atom. The van der Waals surface area contributed by atoms with Crippen molar-refractivity contribution in [2.45, 2.75) is 44.7 Å². The first kappa shape index (κ1) is 24.1. The Bertz CT molecular complexity index is 1370. The number of nitrogens with zero attached hydrogens (tertiary/aromatic N) is 5. The van der Waals surface area contributed by atoms with Crippen molar-refractivity contribution >= 4 is 17.2 Å². The highest BCUT2D eigenvalue weighted by molar-refractivity contribution is 7.09. The van der Waals surface area contributed by atoms with Crippen molar-refractivity contribution in [3.8, 4) is 17.5 Å². The Labute approximate surface area is 213 Å². The first-order valence-electron chi connectivity index (χ1n) is 11.8. The SMILES string of the molecule is COc1cc(C(=O)N2CCCC2c2nc(C)cs2)cc(-c2nnc([C@](C)(N)Cc3ccccc3)o2)n1. The molecule has 2 N–H and O–H groups in total. The second-order valence-corrected chi connectivity index (χ2v) is 10.1. The highest BCUT2D eigenvalue weighted by Gasteiger charge is 2.34. The smallest absolute Gasteiger partial charge is 0.266 e. The molecule has 3 aromatic heterocycles. The van der Waals surface area contributed by atoms with Crippen LogP contribution in [-0.4, -0.2) is 44.6 Å². The van der Waals surface area contributed by atoms with Gasteiger partial charge in [-0.25, -0.2) is 9.97 Å². The van der Waals surface area contributed by atoms with E-state index in [1.54, 1.807) is 23.5 Å². The molecule has 186 valence electrons. The number of ether oxygens (including phenoxy) is 1. The minimum absolute atomic E-state index is 0.0373. The van der Waals surface area contributed by atoms with E-state index in [-0.39, 0.29) is 29.6 Å². The molecule has 1 saturated heterocycles. The van der Waals surface area contributed by atoms with E-state index < -0.39 is 5.54 Å². The van der Waals surface area contributed by atoms with Crippen LogP contribution in [0.5, 0.6) is 5.88 Å². The minimum atomic E-state index is -0.876. The summed E-state index contributed by atoms with van der Waals surface area (Å²) in [4.78, 5) is 24.5. The number of likely N-dealkylation sites (tertiary alicyclic amines) is 1. The number of hydrogen-bond acceptors (Lipinski definition) is 9. The van der Waals surface area contributed by atoms with Crippen LogP contribution in [0.4, 0.5) is 0 Å². The van der Waals surface area contributed by atoms with Gasteiger partial charge in [-0.15, -0.1) is 21.5 Å². The fourth-order valence-electron chi connectivity index (χ4n) is 4.45. The number of thiazole rings is 1. The fourth-order valence-corrected chi connectivity index (χ4v) is 5.40. The minimum Gasteiger partial charge on any atom is -0.481 e. The molecule has 1 aliphatic rings. The third kappa shape index (κ3) is 4.87. The van der Waals surface area contributed by atoms with E-state index in [1.165, 1.54) is 7.11 Å². The van der Waals surface area contributed by atoms with Crippen LogP contribution in [0.25, 0.3) is 11.6 Å². The molecule has 1 aliphatic heterocycles. The van der Waals surface area contributed by atoms with Gasteiger partial charge >= 0.3 is 0 Å². The summed E-state index contributed by atoms with van der Waals surface area (Å²) in [6.07, 6.45) is 2.34. The molecule has 9 nitrogen and oxygen atoms in total. The highest BCUT2D eigenvalue weighted by atomic mass is 32.1. The van der Waals surface area contributed by atoms with Crippen molar-refractivity contribution in [3.63, 3.8) is 0 Å². The summed E-state index contributed by atoms with van der Waals surface area (Å²) in [5.41, 5.74) is 8.49. The molecule has 4 aromatic rings. The lowest BCUT2D eigenvalue weighted by Crippen LogP contribution is -2.35. The molecule has 36 heavy (non-hydrogen) atoms. The molecular formula is C26H28N6O3S. The quantitative estimate of drug-likeness (QED) is 0.396.